The maximum atomic E-state index is 12.5. The predicted molar refractivity (Wildman–Crippen MR) is 30.5 cm³/mol. The molecule has 1 nitrogen and oxygen atoms in total. The van der Waals surface area contributed by atoms with Crippen molar-refractivity contribution in [2.75, 3.05) is 0 Å². The molecular formula is C7H2F5O-. The molecule has 0 spiro atoms. The van der Waals surface area contributed by atoms with Crippen LogP contribution in [0, 0.1) is 23.3 Å². The van der Waals surface area contributed by atoms with Gasteiger partial charge in [-0.25, -0.2) is 22.0 Å². The van der Waals surface area contributed by atoms with Gasteiger partial charge in [0.1, 0.15) is 6.67 Å². The molecule has 0 unspecified atom stereocenters. The third-order valence-electron chi connectivity index (χ3n) is 1.45. The van der Waals surface area contributed by atoms with Crippen molar-refractivity contribution < 1.29 is 27.1 Å². The first-order chi connectivity index (χ1) is 6.00. The van der Waals surface area contributed by atoms with Crippen molar-refractivity contribution in [2.24, 2.45) is 0 Å². The van der Waals surface area contributed by atoms with E-state index in [1.54, 1.807) is 0 Å². The van der Waals surface area contributed by atoms with Gasteiger partial charge in [-0.3, -0.25) is 0 Å². The second kappa shape index (κ2) is 3.20. The first-order valence-corrected chi connectivity index (χ1v) is 3.08. The van der Waals surface area contributed by atoms with Gasteiger partial charge in [-0.2, -0.15) is 0 Å². The summed E-state index contributed by atoms with van der Waals surface area (Å²) < 4.78 is 61.5. The van der Waals surface area contributed by atoms with E-state index in [0.29, 0.717) is 0 Å². The molecule has 72 valence electrons. The zero-order valence-electron chi connectivity index (χ0n) is 6.01. The zero-order valence-corrected chi connectivity index (χ0v) is 6.01. The molecule has 0 aliphatic heterocycles. The largest absolute Gasteiger partial charge is 0.868 e. The third kappa shape index (κ3) is 1.32. The lowest BCUT2D eigenvalue weighted by atomic mass is 10.2. The Kier molecular flexibility index (Phi) is 2.40. The standard InChI is InChI=1S/C7H3F5O/c8-1-2-3(9)5(11)7(13)6(12)4(2)10/h13H,1H2/p-1. The van der Waals surface area contributed by atoms with Crippen LogP contribution in [0.4, 0.5) is 22.0 Å². The van der Waals surface area contributed by atoms with Crippen molar-refractivity contribution in [3.63, 3.8) is 0 Å². The van der Waals surface area contributed by atoms with Crippen molar-refractivity contribution in [1.29, 1.82) is 0 Å². The molecular weight excluding hydrogens is 195 g/mol. The molecule has 0 N–H and O–H groups in total. The van der Waals surface area contributed by atoms with E-state index in [0.717, 1.165) is 0 Å². The van der Waals surface area contributed by atoms with Gasteiger partial charge in [-0.15, -0.1) is 0 Å². The third-order valence-corrected chi connectivity index (χ3v) is 1.45. The fourth-order valence-electron chi connectivity index (χ4n) is 0.774. The zero-order chi connectivity index (χ0) is 10.2. The van der Waals surface area contributed by atoms with Crippen LogP contribution >= 0.6 is 0 Å². The van der Waals surface area contributed by atoms with Crippen LogP contribution in [0.1, 0.15) is 5.56 Å². The number of alkyl halides is 1. The average molecular weight is 197 g/mol. The minimum atomic E-state index is -2.11. The summed E-state index contributed by atoms with van der Waals surface area (Å²) >= 11 is 0. The predicted octanol–water partition coefficient (Wildman–Crippen LogP) is 1.79. The minimum absolute atomic E-state index is 1.41. The molecule has 13 heavy (non-hydrogen) atoms. The van der Waals surface area contributed by atoms with E-state index in [1.165, 1.54) is 0 Å². The summed E-state index contributed by atoms with van der Waals surface area (Å²) in [5.41, 5.74) is -1.41. The Morgan fingerprint density at radius 3 is 1.54 bits per heavy atom. The summed E-state index contributed by atoms with van der Waals surface area (Å²) in [5, 5.41) is 10.3. The molecule has 0 aliphatic rings. The van der Waals surface area contributed by atoms with Crippen molar-refractivity contribution >= 4 is 0 Å². The number of rotatable bonds is 1. The Hall–Kier alpha value is -1.33. The molecule has 1 aromatic rings. The van der Waals surface area contributed by atoms with Crippen molar-refractivity contribution in [1.82, 2.24) is 0 Å². The van der Waals surface area contributed by atoms with E-state index in [2.05, 4.69) is 0 Å². The fourth-order valence-corrected chi connectivity index (χ4v) is 0.774. The maximum Gasteiger partial charge on any atom is 0.167 e. The van der Waals surface area contributed by atoms with Gasteiger partial charge in [-0.1, -0.05) is 0 Å². The molecule has 0 bridgehead atoms. The molecule has 0 saturated carbocycles. The molecule has 0 amide bonds. The Morgan fingerprint density at radius 2 is 1.23 bits per heavy atom. The molecule has 0 aliphatic carbocycles. The summed E-state index contributed by atoms with van der Waals surface area (Å²) in [5.74, 6) is -10.2. The fraction of sp³-hybridized carbons (Fsp3) is 0.143. The maximum absolute atomic E-state index is 12.5. The van der Waals surface area contributed by atoms with Gasteiger partial charge in [0.05, 0.1) is 5.56 Å². The van der Waals surface area contributed by atoms with Gasteiger partial charge in [0, 0.05) is 0 Å². The molecule has 0 aromatic heterocycles. The van der Waals surface area contributed by atoms with E-state index < -0.39 is 41.3 Å². The van der Waals surface area contributed by atoms with Crippen LogP contribution in [0.2, 0.25) is 0 Å². The summed E-state index contributed by atoms with van der Waals surface area (Å²) in [7, 11) is 0. The Bertz CT molecular complexity index is 320. The van der Waals surface area contributed by atoms with E-state index in [9.17, 15) is 27.1 Å². The van der Waals surface area contributed by atoms with Gasteiger partial charge in [-0.05, 0) is 5.75 Å². The SMILES string of the molecule is [O-]c1c(F)c(F)c(CF)c(F)c1F. The quantitative estimate of drug-likeness (QED) is 0.497. The number of hydrogen-bond donors (Lipinski definition) is 0. The average Bonchev–Trinajstić information content (AvgIpc) is 2.13. The number of benzene rings is 1. The summed E-state index contributed by atoms with van der Waals surface area (Å²) in [6.07, 6.45) is 0. The first-order valence-electron chi connectivity index (χ1n) is 3.08. The summed E-state index contributed by atoms with van der Waals surface area (Å²) in [6, 6.07) is 0. The molecule has 0 atom stereocenters. The molecule has 0 fully saturated rings. The Labute approximate surface area is 69.4 Å². The molecule has 1 rings (SSSR count). The van der Waals surface area contributed by atoms with E-state index in [4.69, 9.17) is 0 Å². The van der Waals surface area contributed by atoms with Crippen LogP contribution in [0.15, 0.2) is 0 Å². The second-order valence-electron chi connectivity index (χ2n) is 2.20. The lowest BCUT2D eigenvalue weighted by molar-refractivity contribution is -0.277. The highest BCUT2D eigenvalue weighted by Gasteiger charge is 2.20. The van der Waals surface area contributed by atoms with Gasteiger partial charge in [0.2, 0.25) is 0 Å². The lowest BCUT2D eigenvalue weighted by Crippen LogP contribution is -2.08. The van der Waals surface area contributed by atoms with Gasteiger partial charge >= 0.3 is 0 Å². The molecule has 0 saturated heterocycles. The van der Waals surface area contributed by atoms with Crippen molar-refractivity contribution in [2.45, 2.75) is 6.67 Å². The van der Waals surface area contributed by atoms with E-state index in [-0.39, 0.29) is 0 Å². The van der Waals surface area contributed by atoms with Crippen LogP contribution in [0.25, 0.3) is 0 Å². The van der Waals surface area contributed by atoms with Crippen molar-refractivity contribution in [3.8, 4) is 5.75 Å². The lowest BCUT2D eigenvalue weighted by Gasteiger charge is -2.12. The molecule has 0 radical (unpaired) electrons. The van der Waals surface area contributed by atoms with Gasteiger partial charge in [0.25, 0.3) is 0 Å². The smallest absolute Gasteiger partial charge is 0.167 e. The van der Waals surface area contributed by atoms with Gasteiger partial charge < -0.3 is 5.11 Å². The first kappa shape index (κ1) is 9.76. The molecule has 1 aromatic carbocycles. The highest BCUT2D eigenvalue weighted by atomic mass is 19.2. The van der Waals surface area contributed by atoms with E-state index >= 15 is 0 Å². The van der Waals surface area contributed by atoms with E-state index in [1.807, 2.05) is 0 Å². The van der Waals surface area contributed by atoms with Gasteiger partial charge in [0.15, 0.2) is 23.3 Å². The topological polar surface area (TPSA) is 23.1 Å². The van der Waals surface area contributed by atoms with Crippen LogP contribution in [-0.2, 0) is 6.67 Å². The van der Waals surface area contributed by atoms with Crippen molar-refractivity contribution in [3.05, 3.63) is 28.8 Å². The number of halogens is 5. The molecule has 0 heterocycles. The highest BCUT2D eigenvalue weighted by Crippen LogP contribution is 2.27. The Balaban J connectivity index is 3.56. The van der Waals surface area contributed by atoms with Crippen LogP contribution in [0.3, 0.4) is 0 Å². The second-order valence-corrected chi connectivity index (χ2v) is 2.20. The monoisotopic (exact) mass is 197 g/mol. The molecule has 6 heteroatoms. The van der Waals surface area contributed by atoms with Crippen LogP contribution in [0.5, 0.6) is 5.75 Å². The van der Waals surface area contributed by atoms with Crippen LogP contribution < -0.4 is 5.11 Å². The van der Waals surface area contributed by atoms with Crippen LogP contribution in [-0.4, -0.2) is 0 Å². The minimum Gasteiger partial charge on any atom is -0.868 e. The summed E-state index contributed by atoms with van der Waals surface area (Å²) in [6.45, 7) is -1.72. The number of hydrogen-bond acceptors (Lipinski definition) is 1. The Morgan fingerprint density at radius 1 is 0.846 bits per heavy atom. The highest BCUT2D eigenvalue weighted by molar-refractivity contribution is 5.32. The normalized spacial score (nSPS) is 10.5. The summed E-state index contributed by atoms with van der Waals surface area (Å²) in [4.78, 5) is 0.